The lowest BCUT2D eigenvalue weighted by Gasteiger charge is -2.12. The minimum atomic E-state index is 0.930. The summed E-state index contributed by atoms with van der Waals surface area (Å²) in [5.41, 5.74) is 10.6. The molecule has 184 valence electrons. The minimum Gasteiger partial charge on any atom is -0.456 e. The normalized spacial score (nSPS) is 11.4. The van der Waals surface area contributed by atoms with Gasteiger partial charge in [0.1, 0.15) is 11.2 Å². The van der Waals surface area contributed by atoms with Gasteiger partial charge in [-0.3, -0.25) is 0 Å². The van der Waals surface area contributed by atoms with Crippen molar-refractivity contribution in [2.24, 2.45) is 0 Å². The number of furan rings is 1. The predicted molar refractivity (Wildman–Crippen MR) is 161 cm³/mol. The van der Waals surface area contributed by atoms with Gasteiger partial charge in [0.15, 0.2) is 0 Å². The fourth-order valence-corrected chi connectivity index (χ4v) is 5.20. The molecule has 0 aliphatic carbocycles. The predicted octanol–water partition coefficient (Wildman–Crippen LogP) is 10.3. The second kappa shape index (κ2) is 10.4. The Morgan fingerprint density at radius 2 is 1.49 bits per heavy atom. The van der Waals surface area contributed by atoms with Gasteiger partial charge in [-0.25, -0.2) is 0 Å². The van der Waals surface area contributed by atoms with E-state index in [9.17, 15) is 0 Å². The van der Waals surface area contributed by atoms with Crippen LogP contribution in [0.5, 0.6) is 0 Å². The Balaban J connectivity index is 0.000000892. The standard InChI is InChI=1S/C32H27NO.C3H6/c1-4-9-29-25(5-2)26-12-6-7-13-30(26)33(29)24-11-8-10-22(19-24)23-15-17-32-28(20-23)27-18-21(3)14-16-31(27)34-32;1-3-2/h4,6-20H,5H2,1-3H3;3H,1H2,2H3/b9-4-;. The highest BCUT2D eigenvalue weighted by molar-refractivity contribution is 6.06. The highest BCUT2D eigenvalue weighted by Crippen LogP contribution is 2.35. The number of nitrogens with zero attached hydrogens (tertiary/aromatic N) is 1. The van der Waals surface area contributed by atoms with E-state index < -0.39 is 0 Å². The molecular formula is C35H33NO. The maximum absolute atomic E-state index is 6.09. The minimum absolute atomic E-state index is 0.930. The number of para-hydroxylation sites is 1. The molecule has 0 radical (unpaired) electrons. The van der Waals surface area contributed by atoms with E-state index in [1.807, 2.05) is 6.92 Å². The van der Waals surface area contributed by atoms with Gasteiger partial charge >= 0.3 is 0 Å². The molecule has 0 N–H and O–H groups in total. The van der Waals surface area contributed by atoms with Gasteiger partial charge in [-0.05, 0) is 92.4 Å². The van der Waals surface area contributed by atoms with E-state index in [-0.39, 0.29) is 0 Å². The van der Waals surface area contributed by atoms with Crippen molar-refractivity contribution in [1.82, 2.24) is 4.57 Å². The lowest BCUT2D eigenvalue weighted by molar-refractivity contribution is 0.669. The third-order valence-corrected chi connectivity index (χ3v) is 6.76. The summed E-state index contributed by atoms with van der Waals surface area (Å²) < 4.78 is 8.48. The van der Waals surface area contributed by atoms with Crippen molar-refractivity contribution in [2.75, 3.05) is 0 Å². The average molecular weight is 484 g/mol. The molecule has 2 nitrogen and oxygen atoms in total. The molecule has 0 aliphatic rings. The summed E-state index contributed by atoms with van der Waals surface area (Å²) in [5, 5.41) is 3.66. The molecule has 0 aliphatic heterocycles. The third-order valence-electron chi connectivity index (χ3n) is 6.76. The number of aryl methyl sites for hydroxylation is 2. The van der Waals surface area contributed by atoms with Crippen LogP contribution >= 0.6 is 0 Å². The van der Waals surface area contributed by atoms with Crippen LogP contribution in [0.3, 0.4) is 0 Å². The number of rotatable bonds is 4. The number of fused-ring (bicyclic) bond motifs is 4. The van der Waals surface area contributed by atoms with Crippen LogP contribution in [0.15, 0.2) is 108 Å². The van der Waals surface area contributed by atoms with E-state index in [4.69, 9.17) is 4.42 Å². The summed E-state index contributed by atoms with van der Waals surface area (Å²) in [6.45, 7) is 11.7. The van der Waals surface area contributed by atoms with Crippen LogP contribution in [-0.2, 0) is 6.42 Å². The van der Waals surface area contributed by atoms with Crippen LogP contribution in [0.1, 0.15) is 37.6 Å². The quantitative estimate of drug-likeness (QED) is 0.228. The van der Waals surface area contributed by atoms with Crippen molar-refractivity contribution in [3.05, 3.63) is 120 Å². The summed E-state index contributed by atoms with van der Waals surface area (Å²) in [7, 11) is 0. The van der Waals surface area contributed by atoms with E-state index in [2.05, 4.69) is 129 Å². The van der Waals surface area contributed by atoms with Crippen molar-refractivity contribution < 1.29 is 4.42 Å². The molecule has 2 heteroatoms. The van der Waals surface area contributed by atoms with Crippen molar-refractivity contribution in [3.8, 4) is 16.8 Å². The SMILES string of the molecule is C/C=C\c1c(CC)c2ccccc2n1-c1cccc(-c2ccc3oc4ccc(C)cc4c3c2)c1.C=CC. The summed E-state index contributed by atoms with van der Waals surface area (Å²) in [5.74, 6) is 0. The zero-order chi connectivity index (χ0) is 25.9. The van der Waals surface area contributed by atoms with Crippen molar-refractivity contribution in [3.63, 3.8) is 0 Å². The van der Waals surface area contributed by atoms with Gasteiger partial charge in [-0.15, -0.1) is 6.58 Å². The molecule has 6 rings (SSSR count). The van der Waals surface area contributed by atoms with Crippen LogP contribution in [-0.4, -0.2) is 4.57 Å². The molecule has 4 aromatic carbocycles. The van der Waals surface area contributed by atoms with E-state index in [0.717, 1.165) is 23.0 Å². The Morgan fingerprint density at radius 1 is 0.784 bits per heavy atom. The Kier molecular flexibility index (Phi) is 6.83. The molecule has 0 amide bonds. The fraction of sp³-hybridized carbons (Fsp3) is 0.143. The van der Waals surface area contributed by atoms with Gasteiger partial charge < -0.3 is 8.98 Å². The molecule has 0 saturated carbocycles. The topological polar surface area (TPSA) is 18.1 Å². The lowest BCUT2D eigenvalue weighted by atomic mass is 10.0. The van der Waals surface area contributed by atoms with Crippen molar-refractivity contribution in [1.29, 1.82) is 0 Å². The summed E-state index contributed by atoms with van der Waals surface area (Å²) in [6.07, 6.45) is 7.11. The second-order valence-electron chi connectivity index (χ2n) is 9.34. The zero-order valence-corrected chi connectivity index (χ0v) is 22.1. The van der Waals surface area contributed by atoms with Gasteiger partial charge in [-0.1, -0.05) is 67.1 Å². The largest absolute Gasteiger partial charge is 0.456 e. The van der Waals surface area contributed by atoms with Crippen molar-refractivity contribution in [2.45, 2.75) is 34.1 Å². The maximum atomic E-state index is 6.09. The zero-order valence-electron chi connectivity index (χ0n) is 22.1. The van der Waals surface area contributed by atoms with Gasteiger partial charge in [0.2, 0.25) is 0 Å². The smallest absolute Gasteiger partial charge is 0.135 e. The summed E-state index contributed by atoms with van der Waals surface area (Å²) in [6, 6.07) is 30.5. The first-order valence-electron chi connectivity index (χ1n) is 12.9. The van der Waals surface area contributed by atoms with Crippen LogP contribution in [0.25, 0.3) is 55.7 Å². The molecule has 6 aromatic rings. The molecule has 0 fully saturated rings. The number of benzene rings is 4. The fourth-order valence-electron chi connectivity index (χ4n) is 5.20. The first kappa shape index (κ1) is 24.4. The molecule has 0 spiro atoms. The highest BCUT2D eigenvalue weighted by atomic mass is 16.3. The van der Waals surface area contributed by atoms with Crippen molar-refractivity contribution >= 4 is 38.9 Å². The van der Waals surface area contributed by atoms with Crippen LogP contribution in [0.4, 0.5) is 0 Å². The number of allylic oxidation sites excluding steroid dienone is 2. The summed E-state index contributed by atoms with van der Waals surface area (Å²) in [4.78, 5) is 0. The van der Waals surface area contributed by atoms with Gasteiger partial charge in [0, 0.05) is 27.5 Å². The number of hydrogen-bond donors (Lipinski definition) is 0. The van der Waals surface area contributed by atoms with Crippen LogP contribution < -0.4 is 0 Å². The molecule has 0 atom stereocenters. The average Bonchev–Trinajstić information content (AvgIpc) is 3.43. The molecule has 2 aromatic heterocycles. The van der Waals surface area contributed by atoms with Crippen LogP contribution in [0, 0.1) is 6.92 Å². The Hall–Kier alpha value is -4.30. The first-order valence-corrected chi connectivity index (χ1v) is 12.9. The van der Waals surface area contributed by atoms with E-state index >= 15 is 0 Å². The Labute approximate surface area is 219 Å². The van der Waals surface area contributed by atoms with Gasteiger partial charge in [0.05, 0.1) is 5.52 Å². The molecule has 2 heterocycles. The van der Waals surface area contributed by atoms with E-state index in [1.54, 1.807) is 6.08 Å². The Morgan fingerprint density at radius 3 is 2.24 bits per heavy atom. The number of aromatic nitrogens is 1. The van der Waals surface area contributed by atoms with Gasteiger partial charge in [0.25, 0.3) is 0 Å². The summed E-state index contributed by atoms with van der Waals surface area (Å²) >= 11 is 0. The molecule has 0 saturated heterocycles. The molecule has 0 unspecified atom stereocenters. The molecule has 0 bridgehead atoms. The number of hydrogen-bond acceptors (Lipinski definition) is 1. The monoisotopic (exact) mass is 483 g/mol. The molecular weight excluding hydrogens is 450 g/mol. The van der Waals surface area contributed by atoms with E-state index in [1.165, 1.54) is 49.9 Å². The Bertz CT molecular complexity index is 1760. The van der Waals surface area contributed by atoms with Crippen LogP contribution in [0.2, 0.25) is 0 Å². The first-order chi connectivity index (χ1) is 18.1. The maximum Gasteiger partial charge on any atom is 0.135 e. The third kappa shape index (κ3) is 4.40. The van der Waals surface area contributed by atoms with E-state index in [0.29, 0.717) is 0 Å². The highest BCUT2D eigenvalue weighted by Gasteiger charge is 2.16. The molecule has 37 heavy (non-hydrogen) atoms. The lowest BCUT2D eigenvalue weighted by Crippen LogP contribution is -1.98. The second-order valence-corrected chi connectivity index (χ2v) is 9.34. The van der Waals surface area contributed by atoms with Gasteiger partial charge in [-0.2, -0.15) is 0 Å².